The largest absolute Gasteiger partial charge is 0.299 e. The summed E-state index contributed by atoms with van der Waals surface area (Å²) in [5.41, 5.74) is 1.29. The minimum absolute atomic E-state index is 0.250. The molecule has 0 aliphatic carbocycles. The molecule has 0 spiro atoms. The van der Waals surface area contributed by atoms with Gasteiger partial charge in [-0.1, -0.05) is 19.1 Å². The molecule has 1 aliphatic heterocycles. The summed E-state index contributed by atoms with van der Waals surface area (Å²) in [6.07, 6.45) is 2.18. The van der Waals surface area contributed by atoms with E-state index in [4.69, 9.17) is 0 Å². The first-order valence-electron chi connectivity index (χ1n) is 6.55. The Morgan fingerprint density at radius 3 is 3.00 bits per heavy atom. The van der Waals surface area contributed by atoms with Gasteiger partial charge in [0.25, 0.3) is 0 Å². The first kappa shape index (κ1) is 11.9. The zero-order chi connectivity index (χ0) is 12.5. The highest BCUT2D eigenvalue weighted by molar-refractivity contribution is 7.18. The maximum absolute atomic E-state index is 12.5. The molecule has 0 amide bonds. The van der Waals surface area contributed by atoms with Gasteiger partial charge in [0.15, 0.2) is 5.43 Å². The second kappa shape index (κ2) is 4.82. The molecule has 0 atom stereocenters. The number of benzene rings is 1. The van der Waals surface area contributed by atoms with Gasteiger partial charge < -0.3 is 0 Å². The molecular weight excluding hydrogens is 242 g/mol. The number of hydrogen-bond acceptors (Lipinski definition) is 3. The van der Waals surface area contributed by atoms with Gasteiger partial charge in [-0.15, -0.1) is 11.3 Å². The lowest BCUT2D eigenvalue weighted by atomic mass is 10.1. The Labute approximate surface area is 111 Å². The summed E-state index contributed by atoms with van der Waals surface area (Å²) in [4.78, 5) is 16.2. The molecule has 18 heavy (non-hydrogen) atoms. The smallest absolute Gasteiger partial charge is 0.192 e. The van der Waals surface area contributed by atoms with Crippen molar-refractivity contribution in [2.45, 2.75) is 26.3 Å². The van der Waals surface area contributed by atoms with Crippen LogP contribution in [0.25, 0.3) is 10.1 Å². The van der Waals surface area contributed by atoms with Crippen LogP contribution in [0, 0.1) is 0 Å². The monoisotopic (exact) mass is 259 g/mol. The molecule has 0 unspecified atom stereocenters. The molecule has 2 aromatic rings. The molecule has 0 bridgehead atoms. The van der Waals surface area contributed by atoms with E-state index < -0.39 is 0 Å². The van der Waals surface area contributed by atoms with E-state index in [1.54, 1.807) is 11.3 Å². The van der Waals surface area contributed by atoms with E-state index in [0.717, 1.165) is 48.1 Å². The highest BCUT2D eigenvalue weighted by Crippen LogP contribution is 2.26. The lowest BCUT2D eigenvalue weighted by molar-refractivity contribution is 0.255. The lowest BCUT2D eigenvalue weighted by Gasteiger charge is -2.27. The maximum atomic E-state index is 12.5. The third-order valence-electron chi connectivity index (χ3n) is 3.55. The van der Waals surface area contributed by atoms with Crippen molar-refractivity contribution in [1.82, 2.24) is 4.90 Å². The van der Waals surface area contributed by atoms with Gasteiger partial charge in [-0.25, -0.2) is 0 Å². The highest BCUT2D eigenvalue weighted by Gasteiger charge is 2.20. The third-order valence-corrected chi connectivity index (χ3v) is 4.83. The van der Waals surface area contributed by atoms with Crippen molar-refractivity contribution in [3.8, 4) is 0 Å². The van der Waals surface area contributed by atoms with Crippen LogP contribution in [0.4, 0.5) is 0 Å². The van der Waals surface area contributed by atoms with Gasteiger partial charge >= 0.3 is 0 Å². The third kappa shape index (κ3) is 1.98. The van der Waals surface area contributed by atoms with Crippen LogP contribution in [0.5, 0.6) is 0 Å². The molecule has 0 saturated heterocycles. The Hall–Kier alpha value is -1.19. The molecule has 2 nitrogen and oxygen atoms in total. The fourth-order valence-corrected chi connectivity index (χ4v) is 3.81. The van der Waals surface area contributed by atoms with Crippen LogP contribution in [-0.2, 0) is 13.0 Å². The van der Waals surface area contributed by atoms with Gasteiger partial charge in [0, 0.05) is 33.6 Å². The van der Waals surface area contributed by atoms with Gasteiger partial charge in [0.05, 0.1) is 0 Å². The average Bonchev–Trinajstić information content (AvgIpc) is 2.40. The Kier molecular flexibility index (Phi) is 3.18. The quantitative estimate of drug-likeness (QED) is 0.826. The molecule has 0 N–H and O–H groups in total. The summed E-state index contributed by atoms with van der Waals surface area (Å²) < 4.78 is 1.13. The van der Waals surface area contributed by atoms with Gasteiger partial charge in [-0.3, -0.25) is 9.69 Å². The number of fused-ring (bicyclic) bond motifs is 2. The van der Waals surface area contributed by atoms with Crippen molar-refractivity contribution in [2.75, 3.05) is 13.1 Å². The van der Waals surface area contributed by atoms with Crippen LogP contribution < -0.4 is 5.43 Å². The normalized spacial score (nSPS) is 15.8. The zero-order valence-corrected chi connectivity index (χ0v) is 11.4. The molecule has 1 aliphatic rings. The summed E-state index contributed by atoms with van der Waals surface area (Å²) in [5.74, 6) is 0. The molecule has 0 saturated carbocycles. The molecular formula is C15H17NOS. The number of rotatable bonds is 2. The van der Waals surface area contributed by atoms with Crippen molar-refractivity contribution in [3.05, 3.63) is 44.9 Å². The molecule has 3 heteroatoms. The van der Waals surface area contributed by atoms with Crippen LogP contribution in [0.1, 0.15) is 23.8 Å². The summed E-state index contributed by atoms with van der Waals surface area (Å²) in [6.45, 7) is 5.21. The van der Waals surface area contributed by atoms with E-state index >= 15 is 0 Å². The van der Waals surface area contributed by atoms with Gasteiger partial charge in [-0.2, -0.15) is 0 Å². The highest BCUT2D eigenvalue weighted by atomic mass is 32.1. The molecule has 0 radical (unpaired) electrons. The van der Waals surface area contributed by atoms with E-state index in [2.05, 4.69) is 17.9 Å². The fourth-order valence-electron chi connectivity index (χ4n) is 2.66. The SMILES string of the molecule is CCCN1CCc2sc3ccccc3c(=O)c2C1. The Morgan fingerprint density at radius 1 is 1.33 bits per heavy atom. The fraction of sp³-hybridized carbons (Fsp3) is 0.400. The van der Waals surface area contributed by atoms with Crippen molar-refractivity contribution in [3.63, 3.8) is 0 Å². The van der Waals surface area contributed by atoms with Crippen LogP contribution in [-0.4, -0.2) is 18.0 Å². The molecule has 3 rings (SSSR count). The maximum Gasteiger partial charge on any atom is 0.192 e. The van der Waals surface area contributed by atoms with Crippen molar-refractivity contribution in [1.29, 1.82) is 0 Å². The molecule has 0 fully saturated rings. The second-order valence-corrected chi connectivity index (χ2v) is 5.99. The second-order valence-electron chi connectivity index (χ2n) is 4.86. The van der Waals surface area contributed by atoms with E-state index in [0.29, 0.717) is 0 Å². The Balaban J connectivity index is 2.11. The van der Waals surface area contributed by atoms with Gasteiger partial charge in [0.2, 0.25) is 0 Å². The lowest BCUT2D eigenvalue weighted by Crippen LogP contribution is -2.34. The molecule has 94 valence electrons. The summed E-state index contributed by atoms with van der Waals surface area (Å²) in [6, 6.07) is 7.97. The van der Waals surface area contributed by atoms with E-state index in [1.165, 1.54) is 4.88 Å². The first-order chi connectivity index (χ1) is 8.79. The van der Waals surface area contributed by atoms with Gasteiger partial charge in [0.1, 0.15) is 0 Å². The minimum atomic E-state index is 0.250. The molecule has 2 heterocycles. The summed E-state index contributed by atoms with van der Waals surface area (Å²) in [7, 11) is 0. The first-order valence-corrected chi connectivity index (χ1v) is 7.37. The van der Waals surface area contributed by atoms with Crippen molar-refractivity contribution < 1.29 is 0 Å². The summed E-state index contributed by atoms with van der Waals surface area (Å²) in [5, 5.41) is 0.889. The van der Waals surface area contributed by atoms with Crippen LogP contribution in [0.3, 0.4) is 0 Å². The van der Waals surface area contributed by atoms with Crippen LogP contribution in [0.2, 0.25) is 0 Å². The Bertz CT molecular complexity index is 632. The zero-order valence-electron chi connectivity index (χ0n) is 10.6. The van der Waals surface area contributed by atoms with Crippen molar-refractivity contribution >= 4 is 21.4 Å². The van der Waals surface area contributed by atoms with Crippen molar-refractivity contribution in [2.24, 2.45) is 0 Å². The van der Waals surface area contributed by atoms with E-state index in [9.17, 15) is 4.79 Å². The average molecular weight is 259 g/mol. The van der Waals surface area contributed by atoms with E-state index in [-0.39, 0.29) is 5.43 Å². The molecule has 1 aromatic heterocycles. The number of nitrogens with zero attached hydrogens (tertiary/aromatic N) is 1. The topological polar surface area (TPSA) is 20.3 Å². The predicted octanol–water partition coefficient (Wildman–Crippen LogP) is 3.03. The van der Waals surface area contributed by atoms with Crippen LogP contribution >= 0.6 is 11.3 Å². The van der Waals surface area contributed by atoms with E-state index in [1.807, 2.05) is 18.2 Å². The standard InChI is InChI=1S/C15H17NOS/c1-2-8-16-9-7-14-12(10-16)15(17)11-5-3-4-6-13(11)18-14/h3-6H,2,7-10H2,1H3. The summed E-state index contributed by atoms with van der Waals surface area (Å²) >= 11 is 1.80. The number of hydrogen-bond donors (Lipinski definition) is 0. The molecule has 1 aromatic carbocycles. The van der Waals surface area contributed by atoms with Crippen LogP contribution in [0.15, 0.2) is 29.1 Å². The minimum Gasteiger partial charge on any atom is -0.299 e. The Morgan fingerprint density at radius 2 is 2.17 bits per heavy atom. The van der Waals surface area contributed by atoms with Gasteiger partial charge in [-0.05, 0) is 31.5 Å². The predicted molar refractivity (Wildman–Crippen MR) is 77.4 cm³/mol.